The highest BCUT2D eigenvalue weighted by Gasteiger charge is 2.13. The van der Waals surface area contributed by atoms with Gasteiger partial charge in [-0.15, -0.1) is 23.4 Å². The molecule has 0 spiro atoms. The fourth-order valence-corrected chi connectivity index (χ4v) is 4.58. The van der Waals surface area contributed by atoms with E-state index in [9.17, 15) is 0 Å². The summed E-state index contributed by atoms with van der Waals surface area (Å²) in [6.45, 7) is 19.7. The average molecular weight is 527 g/mol. The third kappa shape index (κ3) is 9.47. The molecule has 1 N–H and O–H groups in total. The van der Waals surface area contributed by atoms with Crippen LogP contribution in [-0.2, 0) is 6.54 Å². The maximum absolute atomic E-state index is 4.79. The van der Waals surface area contributed by atoms with E-state index in [1.54, 1.807) is 4.80 Å². The van der Waals surface area contributed by atoms with Crippen molar-refractivity contribution in [2.75, 3.05) is 0 Å². The van der Waals surface area contributed by atoms with Crippen molar-refractivity contribution in [3.63, 3.8) is 0 Å². The highest BCUT2D eigenvalue weighted by atomic mass is 15.6. The average Bonchev–Trinajstić information content (AvgIpc) is 3.59. The Balaban J connectivity index is 0.000000460. The van der Waals surface area contributed by atoms with Crippen LogP contribution < -0.4 is 0 Å². The van der Waals surface area contributed by atoms with Crippen LogP contribution in [-0.4, -0.2) is 30.2 Å². The first kappa shape index (κ1) is 31.4. The topological polar surface area (TPSA) is 72.3 Å². The van der Waals surface area contributed by atoms with Crippen molar-refractivity contribution in [1.82, 2.24) is 30.2 Å². The Morgan fingerprint density at radius 2 is 1.72 bits per heavy atom. The van der Waals surface area contributed by atoms with Crippen LogP contribution in [0.15, 0.2) is 79.4 Å². The summed E-state index contributed by atoms with van der Waals surface area (Å²) in [7, 11) is 0. The van der Waals surface area contributed by atoms with Gasteiger partial charge in [0.25, 0.3) is 0 Å². The van der Waals surface area contributed by atoms with Crippen LogP contribution in [0.3, 0.4) is 0 Å². The lowest BCUT2D eigenvalue weighted by Crippen LogP contribution is -2.13. The zero-order valence-corrected chi connectivity index (χ0v) is 24.7. The third-order valence-electron chi connectivity index (χ3n) is 6.33. The quantitative estimate of drug-likeness (QED) is 0.165. The lowest BCUT2D eigenvalue weighted by molar-refractivity contribution is 0.338. The first-order chi connectivity index (χ1) is 19.0. The molecule has 4 rings (SSSR count). The molecule has 0 aliphatic heterocycles. The molecule has 0 atom stereocenters. The second kappa shape index (κ2) is 16.9. The van der Waals surface area contributed by atoms with Crippen molar-refractivity contribution in [2.45, 2.75) is 80.2 Å². The molecular weight excluding hydrogens is 480 g/mol. The predicted octanol–water partition coefficient (Wildman–Crippen LogP) is 9.13. The van der Waals surface area contributed by atoms with Crippen molar-refractivity contribution < 1.29 is 0 Å². The van der Waals surface area contributed by atoms with E-state index in [4.69, 9.17) is 4.98 Å². The lowest BCUT2D eigenvalue weighted by atomic mass is 9.99. The predicted molar refractivity (Wildman–Crippen MR) is 166 cm³/mol. The van der Waals surface area contributed by atoms with Gasteiger partial charge in [-0.2, -0.15) is 4.80 Å². The molecule has 2 heterocycles. The highest BCUT2D eigenvalue weighted by Crippen LogP contribution is 2.26. The Kier molecular flexibility index (Phi) is 13.6. The fraction of sp³-hybridized carbons (Fsp3) is 0.394. The number of hydrogen-bond acceptors (Lipinski definition) is 4. The first-order valence-electron chi connectivity index (χ1n) is 14.1. The number of aromatic amines is 1. The van der Waals surface area contributed by atoms with E-state index in [0.29, 0.717) is 11.7 Å². The van der Waals surface area contributed by atoms with E-state index in [0.717, 1.165) is 41.0 Å². The lowest BCUT2D eigenvalue weighted by Gasteiger charge is -2.13. The highest BCUT2D eigenvalue weighted by molar-refractivity contribution is 5.82. The SMILES string of the molecule is C/C=C\C(C)=C/CC.C=C.CCCC(CCC)Cn1nnc(-c2cccc(-c3nc4c(C)cccc4[nH]3)c2)n1. The number of imidazole rings is 1. The minimum absolute atomic E-state index is 0.608. The Bertz CT molecular complexity index is 1320. The summed E-state index contributed by atoms with van der Waals surface area (Å²) in [6, 6.07) is 14.3. The zero-order valence-electron chi connectivity index (χ0n) is 24.7. The number of aryl methyl sites for hydroxylation is 1. The first-order valence-corrected chi connectivity index (χ1v) is 14.1. The zero-order chi connectivity index (χ0) is 28.6. The van der Waals surface area contributed by atoms with Gasteiger partial charge < -0.3 is 4.98 Å². The van der Waals surface area contributed by atoms with E-state index >= 15 is 0 Å². The Morgan fingerprint density at radius 1 is 1.03 bits per heavy atom. The summed E-state index contributed by atoms with van der Waals surface area (Å²) in [5, 5.41) is 13.2. The molecule has 4 aromatic rings. The minimum atomic E-state index is 0.608. The minimum Gasteiger partial charge on any atom is -0.338 e. The molecule has 0 aliphatic carbocycles. The van der Waals surface area contributed by atoms with Crippen LogP contribution >= 0.6 is 0 Å². The van der Waals surface area contributed by atoms with Crippen LogP contribution in [0, 0.1) is 12.8 Å². The standard InChI is InChI=1S/C23H28N6.C8H14.C2H4/c1-4-8-17(9-5-2)15-29-27-23(26-28-29)19-12-7-11-18(14-19)22-24-20-13-6-10-16(3)21(20)25-22;1-4-6-8(3)7-5-2;1-2/h6-7,10-14,17H,4-5,8-9,15H2,1-3H3,(H,24,25);4,6-7H,5H2,1-3H3;1-2H2/b;6-4-,8-7-;. The number of nitrogens with one attached hydrogen (secondary N) is 1. The van der Waals surface area contributed by atoms with Crippen molar-refractivity contribution in [3.8, 4) is 22.8 Å². The van der Waals surface area contributed by atoms with Crippen LogP contribution in [0.4, 0.5) is 0 Å². The molecular formula is C33H46N6. The monoisotopic (exact) mass is 526 g/mol. The maximum atomic E-state index is 4.79. The van der Waals surface area contributed by atoms with Gasteiger partial charge >= 0.3 is 0 Å². The molecule has 208 valence electrons. The number of H-pyrrole nitrogens is 1. The molecule has 6 heteroatoms. The molecule has 39 heavy (non-hydrogen) atoms. The maximum Gasteiger partial charge on any atom is 0.204 e. The number of hydrogen-bond donors (Lipinski definition) is 1. The Labute approximate surface area is 235 Å². The van der Waals surface area contributed by atoms with E-state index in [1.807, 2.05) is 25.1 Å². The summed E-state index contributed by atoms with van der Waals surface area (Å²) in [5.41, 5.74) is 6.55. The number of nitrogens with zero attached hydrogens (tertiary/aromatic N) is 5. The van der Waals surface area contributed by atoms with Gasteiger partial charge in [0, 0.05) is 11.1 Å². The van der Waals surface area contributed by atoms with Gasteiger partial charge in [-0.3, -0.25) is 0 Å². The van der Waals surface area contributed by atoms with Crippen molar-refractivity contribution >= 4 is 11.0 Å². The van der Waals surface area contributed by atoms with Crippen LogP contribution in [0.1, 0.15) is 72.3 Å². The van der Waals surface area contributed by atoms with E-state index in [-0.39, 0.29) is 0 Å². The molecule has 0 radical (unpaired) electrons. The molecule has 0 saturated heterocycles. The Morgan fingerprint density at radius 3 is 2.36 bits per heavy atom. The summed E-state index contributed by atoms with van der Waals surface area (Å²) >= 11 is 0. The summed E-state index contributed by atoms with van der Waals surface area (Å²) in [4.78, 5) is 9.96. The van der Waals surface area contributed by atoms with Crippen molar-refractivity contribution in [1.29, 1.82) is 0 Å². The third-order valence-corrected chi connectivity index (χ3v) is 6.33. The van der Waals surface area contributed by atoms with Gasteiger partial charge in [0.2, 0.25) is 5.82 Å². The van der Waals surface area contributed by atoms with Gasteiger partial charge in [0.05, 0.1) is 17.6 Å². The molecule has 0 bridgehead atoms. The fourth-order valence-electron chi connectivity index (χ4n) is 4.58. The van der Waals surface area contributed by atoms with Gasteiger partial charge in [-0.05, 0) is 68.9 Å². The van der Waals surface area contributed by atoms with Crippen LogP contribution in [0.5, 0.6) is 0 Å². The van der Waals surface area contributed by atoms with Crippen molar-refractivity contribution in [2.24, 2.45) is 5.92 Å². The molecule has 0 amide bonds. The largest absolute Gasteiger partial charge is 0.338 e. The van der Waals surface area contributed by atoms with E-state index in [1.165, 1.54) is 36.8 Å². The van der Waals surface area contributed by atoms with Gasteiger partial charge in [0.15, 0.2) is 0 Å². The second-order valence-corrected chi connectivity index (χ2v) is 9.60. The number of benzene rings is 2. The molecule has 6 nitrogen and oxygen atoms in total. The number of tetrazole rings is 1. The number of allylic oxidation sites excluding steroid dienone is 4. The number of para-hydroxylation sites is 1. The summed E-state index contributed by atoms with van der Waals surface area (Å²) in [5.74, 6) is 2.12. The van der Waals surface area contributed by atoms with Crippen LogP contribution in [0.2, 0.25) is 0 Å². The van der Waals surface area contributed by atoms with E-state index < -0.39 is 0 Å². The smallest absolute Gasteiger partial charge is 0.204 e. The normalized spacial score (nSPS) is 11.4. The van der Waals surface area contributed by atoms with Gasteiger partial charge in [-0.25, -0.2) is 4.98 Å². The molecule has 2 aromatic carbocycles. The Hall–Kier alpha value is -3.80. The van der Waals surface area contributed by atoms with Crippen molar-refractivity contribution in [3.05, 3.63) is 85.0 Å². The van der Waals surface area contributed by atoms with Crippen LogP contribution in [0.25, 0.3) is 33.8 Å². The molecule has 0 fully saturated rings. The summed E-state index contributed by atoms with van der Waals surface area (Å²) < 4.78 is 0. The summed E-state index contributed by atoms with van der Waals surface area (Å²) in [6.07, 6.45) is 12.3. The molecule has 0 unspecified atom stereocenters. The second-order valence-electron chi connectivity index (χ2n) is 9.60. The number of fused-ring (bicyclic) bond motifs is 1. The molecule has 0 aliphatic rings. The molecule has 0 saturated carbocycles. The number of rotatable bonds is 10. The van der Waals surface area contributed by atoms with Gasteiger partial charge in [0.1, 0.15) is 5.82 Å². The number of aromatic nitrogens is 6. The molecule has 2 aromatic heterocycles. The van der Waals surface area contributed by atoms with Gasteiger partial charge in [-0.1, -0.05) is 87.7 Å². The van der Waals surface area contributed by atoms with E-state index in [2.05, 4.69) is 111 Å².